The van der Waals surface area contributed by atoms with Crippen LogP contribution in [0.2, 0.25) is 0 Å². The number of ketones is 1. The summed E-state index contributed by atoms with van der Waals surface area (Å²) >= 11 is 0. The van der Waals surface area contributed by atoms with Crippen molar-refractivity contribution in [2.45, 2.75) is 77.2 Å². The van der Waals surface area contributed by atoms with Crippen LogP contribution in [-0.4, -0.2) is 29.1 Å². The third-order valence-corrected chi connectivity index (χ3v) is 9.48. The Morgan fingerprint density at radius 1 is 1.21 bits per heavy atom. The fraction of sp³-hybridized carbons (Fsp3) is 0.833. The Hall–Kier alpha value is -1.16. The van der Waals surface area contributed by atoms with Crippen LogP contribution in [0, 0.1) is 40.9 Å². The average Bonchev–Trinajstić information content (AvgIpc) is 3.40. The lowest BCUT2D eigenvalue weighted by molar-refractivity contribution is -0.143. The van der Waals surface area contributed by atoms with Gasteiger partial charge in [0.05, 0.1) is 12.2 Å². The van der Waals surface area contributed by atoms with Crippen molar-refractivity contribution in [3.63, 3.8) is 0 Å². The number of allylic oxidation sites excluding steroid dienone is 1. The minimum atomic E-state index is -0.619. The molecule has 0 aromatic heterocycles. The molecule has 0 spiro atoms. The molecule has 0 radical (unpaired) electrons. The molecule has 0 amide bonds. The molecule has 5 aliphatic rings. The predicted octanol–water partition coefficient (Wildman–Crippen LogP) is 4.06. The number of fused-ring (bicyclic) bond motifs is 8. The third kappa shape index (κ3) is 2.66. The van der Waals surface area contributed by atoms with Crippen LogP contribution in [0.25, 0.3) is 0 Å². The van der Waals surface area contributed by atoms with Crippen LogP contribution in [0.3, 0.4) is 0 Å². The van der Waals surface area contributed by atoms with E-state index in [4.69, 9.17) is 4.74 Å². The number of carbonyl (C=O) groups is 2. The molecule has 0 unspecified atom stereocenters. The van der Waals surface area contributed by atoms with Gasteiger partial charge in [-0.25, -0.2) is 0 Å². The first kappa shape index (κ1) is 18.8. The predicted molar refractivity (Wildman–Crippen MR) is 105 cm³/mol. The van der Waals surface area contributed by atoms with Gasteiger partial charge in [0.25, 0.3) is 0 Å². The number of ether oxygens (including phenoxy) is 1. The Morgan fingerprint density at radius 2 is 2.04 bits per heavy atom. The lowest BCUT2D eigenvalue weighted by Crippen LogP contribution is -2.53. The molecule has 1 N–H and O–H groups in total. The van der Waals surface area contributed by atoms with E-state index in [1.54, 1.807) is 0 Å². The van der Waals surface area contributed by atoms with Crippen molar-refractivity contribution >= 4 is 11.8 Å². The second kappa shape index (κ2) is 6.42. The molecule has 4 saturated carbocycles. The summed E-state index contributed by atoms with van der Waals surface area (Å²) in [5.74, 6) is 4.24. The number of esters is 1. The topological polar surface area (TPSA) is 63.6 Å². The summed E-state index contributed by atoms with van der Waals surface area (Å²) in [7, 11) is 0. The summed E-state index contributed by atoms with van der Waals surface area (Å²) in [6, 6.07) is 0. The summed E-state index contributed by atoms with van der Waals surface area (Å²) in [4.78, 5) is 23.0. The maximum Gasteiger partial charge on any atom is 0.302 e. The second-order valence-electron chi connectivity index (χ2n) is 10.6. The van der Waals surface area contributed by atoms with Crippen LogP contribution < -0.4 is 0 Å². The number of hydrogen-bond acceptors (Lipinski definition) is 4. The molecular formula is C24H34O4. The van der Waals surface area contributed by atoms with Gasteiger partial charge in [-0.3, -0.25) is 9.59 Å². The molecule has 5 aliphatic carbocycles. The van der Waals surface area contributed by atoms with E-state index < -0.39 is 5.60 Å². The zero-order valence-electron chi connectivity index (χ0n) is 17.3. The first-order valence-corrected chi connectivity index (χ1v) is 11.4. The molecule has 0 aliphatic heterocycles. The highest BCUT2D eigenvalue weighted by Gasteiger charge is 2.67. The molecular weight excluding hydrogens is 352 g/mol. The zero-order valence-corrected chi connectivity index (χ0v) is 17.3. The van der Waals surface area contributed by atoms with Gasteiger partial charge in [-0.1, -0.05) is 12.5 Å². The van der Waals surface area contributed by atoms with Gasteiger partial charge in [0.2, 0.25) is 0 Å². The molecule has 0 bridgehead atoms. The molecule has 4 nitrogen and oxygen atoms in total. The molecule has 5 rings (SSSR count). The Bertz CT molecular complexity index is 726. The zero-order chi connectivity index (χ0) is 19.7. The van der Waals surface area contributed by atoms with Gasteiger partial charge in [-0.05, 0) is 98.4 Å². The molecule has 8 atom stereocenters. The van der Waals surface area contributed by atoms with Gasteiger partial charge in [0.1, 0.15) is 0 Å². The summed E-state index contributed by atoms with van der Waals surface area (Å²) in [6.45, 7) is 4.21. The summed E-state index contributed by atoms with van der Waals surface area (Å²) in [6.07, 6.45) is 10.9. The van der Waals surface area contributed by atoms with Gasteiger partial charge in [0, 0.05) is 13.3 Å². The van der Waals surface area contributed by atoms with Crippen LogP contribution in [0.5, 0.6) is 0 Å². The maximum atomic E-state index is 12.0. The lowest BCUT2D eigenvalue weighted by atomic mass is 9.50. The summed E-state index contributed by atoms with van der Waals surface area (Å²) in [5, 5.41) is 11.7. The van der Waals surface area contributed by atoms with Crippen molar-refractivity contribution in [2.24, 2.45) is 40.9 Å². The van der Waals surface area contributed by atoms with Crippen molar-refractivity contribution in [3.05, 3.63) is 11.6 Å². The van der Waals surface area contributed by atoms with Gasteiger partial charge < -0.3 is 9.84 Å². The smallest absolute Gasteiger partial charge is 0.302 e. The molecule has 154 valence electrons. The molecule has 0 saturated heterocycles. The van der Waals surface area contributed by atoms with Crippen LogP contribution in [0.4, 0.5) is 0 Å². The first-order chi connectivity index (χ1) is 13.3. The van der Waals surface area contributed by atoms with E-state index >= 15 is 0 Å². The molecule has 0 heterocycles. The van der Waals surface area contributed by atoms with Crippen LogP contribution in [0.15, 0.2) is 11.6 Å². The Balaban J connectivity index is 1.35. The lowest BCUT2D eigenvalue weighted by Gasteiger charge is -2.55. The van der Waals surface area contributed by atoms with Gasteiger partial charge in [0.15, 0.2) is 5.78 Å². The van der Waals surface area contributed by atoms with Crippen LogP contribution in [0.1, 0.15) is 71.6 Å². The summed E-state index contributed by atoms with van der Waals surface area (Å²) in [5.41, 5.74) is 0.871. The van der Waals surface area contributed by atoms with Crippen molar-refractivity contribution in [3.8, 4) is 0 Å². The monoisotopic (exact) mass is 386 g/mol. The van der Waals surface area contributed by atoms with E-state index in [9.17, 15) is 14.7 Å². The normalized spacial score (nSPS) is 48.7. The van der Waals surface area contributed by atoms with E-state index in [1.807, 2.05) is 6.08 Å². The minimum absolute atomic E-state index is 0.0107. The number of aliphatic hydroxyl groups is 1. The van der Waals surface area contributed by atoms with Crippen molar-refractivity contribution in [2.75, 3.05) is 6.61 Å². The highest BCUT2D eigenvalue weighted by atomic mass is 16.5. The fourth-order valence-corrected chi connectivity index (χ4v) is 8.11. The van der Waals surface area contributed by atoms with Gasteiger partial charge >= 0.3 is 5.97 Å². The largest absolute Gasteiger partial charge is 0.466 e. The number of hydrogen-bond donors (Lipinski definition) is 1. The SMILES string of the molecule is CC(=O)OCCC[C@]1(O)CC[C@H]2[C@@H]3[C@H]4C[C@H]4C4=CC(=O)CC[C@@H]4[C@H]3CC[C@@]21C. The second-order valence-corrected chi connectivity index (χ2v) is 10.6. The first-order valence-electron chi connectivity index (χ1n) is 11.4. The average molecular weight is 387 g/mol. The molecule has 4 fully saturated rings. The highest BCUT2D eigenvalue weighted by molar-refractivity contribution is 5.91. The fourth-order valence-electron chi connectivity index (χ4n) is 8.11. The third-order valence-electron chi connectivity index (χ3n) is 9.48. The number of carbonyl (C=O) groups excluding carboxylic acids is 2. The Morgan fingerprint density at radius 3 is 2.82 bits per heavy atom. The minimum Gasteiger partial charge on any atom is -0.466 e. The molecule has 0 aromatic rings. The summed E-state index contributed by atoms with van der Waals surface area (Å²) < 4.78 is 5.11. The van der Waals surface area contributed by atoms with Crippen molar-refractivity contribution in [1.82, 2.24) is 0 Å². The van der Waals surface area contributed by atoms with Crippen molar-refractivity contribution in [1.29, 1.82) is 0 Å². The van der Waals surface area contributed by atoms with Gasteiger partial charge in [-0.15, -0.1) is 0 Å². The van der Waals surface area contributed by atoms with E-state index in [-0.39, 0.29) is 11.4 Å². The maximum absolute atomic E-state index is 12.0. The highest BCUT2D eigenvalue weighted by Crippen LogP contribution is 2.72. The van der Waals surface area contributed by atoms with E-state index in [0.29, 0.717) is 30.1 Å². The molecule has 0 aromatic carbocycles. The van der Waals surface area contributed by atoms with Gasteiger partial charge in [-0.2, -0.15) is 0 Å². The Labute approximate surface area is 168 Å². The van der Waals surface area contributed by atoms with E-state index in [2.05, 4.69) is 6.92 Å². The molecule has 28 heavy (non-hydrogen) atoms. The van der Waals surface area contributed by atoms with Crippen LogP contribution >= 0.6 is 0 Å². The van der Waals surface area contributed by atoms with Crippen LogP contribution in [-0.2, 0) is 14.3 Å². The standard InChI is InChI=1S/C24H34O4/c1-14(25)28-11-3-8-24(27)10-7-21-22-17(6-9-23(21,24)2)16-5-4-15(26)12-18(16)19-13-20(19)22/h12,16-17,19-22,27H,3-11,13H2,1-2H3/t16-,17-,19+,20+,21+,22+,23+,24+/m1/s1. The quantitative estimate of drug-likeness (QED) is 0.585. The Kier molecular flexibility index (Phi) is 4.32. The molecule has 4 heteroatoms. The van der Waals surface area contributed by atoms with E-state index in [1.165, 1.54) is 25.3 Å². The van der Waals surface area contributed by atoms with E-state index in [0.717, 1.165) is 62.7 Å². The van der Waals surface area contributed by atoms with Crippen molar-refractivity contribution < 1.29 is 19.4 Å². The number of rotatable bonds is 4.